The van der Waals surface area contributed by atoms with Crippen molar-refractivity contribution in [3.8, 4) is 0 Å². The van der Waals surface area contributed by atoms with E-state index in [1.54, 1.807) is 0 Å². The van der Waals surface area contributed by atoms with Gasteiger partial charge in [0.25, 0.3) is 0 Å². The first kappa shape index (κ1) is 9.90. The molecule has 0 aromatic rings. The zero-order chi connectivity index (χ0) is 8.85. The Bertz CT molecular complexity index is 137. The number of hydrogen-bond acceptors (Lipinski definition) is 5. The lowest BCUT2D eigenvalue weighted by molar-refractivity contribution is -0.254. The third-order valence-electron chi connectivity index (χ3n) is 0.717. The van der Waals surface area contributed by atoms with E-state index in [0.717, 1.165) is 0 Å². The van der Waals surface area contributed by atoms with Crippen LogP contribution in [0.2, 0.25) is 0 Å². The lowest BCUT2D eigenvalue weighted by Gasteiger charge is -2.13. The van der Waals surface area contributed by atoms with Crippen LogP contribution in [0.15, 0.2) is 0 Å². The Labute approximate surface area is 64.2 Å². The number of rotatable bonds is 3. The lowest BCUT2D eigenvalue weighted by atomic mass is 10.8. The molecule has 0 spiro atoms. The fraction of sp³-hybridized carbons (Fsp3) is 0.667. The number of esters is 2. The van der Waals surface area contributed by atoms with E-state index in [9.17, 15) is 9.59 Å². The van der Waals surface area contributed by atoms with Crippen molar-refractivity contribution in [2.24, 2.45) is 0 Å². The van der Waals surface area contributed by atoms with E-state index < -0.39 is 18.4 Å². The average molecular weight is 162 g/mol. The quantitative estimate of drug-likeness (QED) is 0.433. The molecule has 0 atom stereocenters. The summed E-state index contributed by atoms with van der Waals surface area (Å²) in [5.74, 6) is -1.14. The van der Waals surface area contributed by atoms with Gasteiger partial charge in [0.1, 0.15) is 0 Å². The summed E-state index contributed by atoms with van der Waals surface area (Å²) >= 11 is 0. The minimum Gasteiger partial charge on any atom is -0.400 e. The Balaban J connectivity index is 3.76. The number of ether oxygens (including phenoxy) is 3. The molecule has 0 rings (SSSR count). The predicted molar refractivity (Wildman–Crippen MR) is 34.3 cm³/mol. The van der Waals surface area contributed by atoms with Crippen molar-refractivity contribution in [3.63, 3.8) is 0 Å². The number of carbonyl (C=O) groups excluding carboxylic acids is 2. The highest BCUT2D eigenvalue weighted by molar-refractivity contribution is 5.67. The molecular formula is C6H10O5. The Kier molecular flexibility index (Phi) is 4.21. The zero-order valence-electron chi connectivity index (χ0n) is 6.62. The predicted octanol–water partition coefficient (Wildman–Crippen LogP) is 0.0426. The third kappa shape index (κ3) is 5.35. The average Bonchev–Trinajstić information content (AvgIpc) is 1.84. The zero-order valence-corrected chi connectivity index (χ0v) is 6.62. The van der Waals surface area contributed by atoms with Crippen LogP contribution in [-0.2, 0) is 23.8 Å². The molecule has 0 saturated carbocycles. The maximum Gasteiger partial charge on any atom is 0.364 e. The van der Waals surface area contributed by atoms with Crippen molar-refractivity contribution in [2.45, 2.75) is 20.3 Å². The maximum absolute atomic E-state index is 10.3. The smallest absolute Gasteiger partial charge is 0.364 e. The van der Waals surface area contributed by atoms with Gasteiger partial charge in [-0.3, -0.25) is 9.59 Å². The fourth-order valence-electron chi connectivity index (χ4n) is 0.391. The summed E-state index contributed by atoms with van der Waals surface area (Å²) < 4.78 is 13.3. The number of methoxy groups -OCH3 is 1. The van der Waals surface area contributed by atoms with Gasteiger partial charge >= 0.3 is 18.4 Å². The van der Waals surface area contributed by atoms with E-state index in [0.29, 0.717) is 0 Å². The summed E-state index contributed by atoms with van der Waals surface area (Å²) in [6, 6.07) is 0. The molecule has 0 unspecified atom stereocenters. The Morgan fingerprint density at radius 1 is 1.09 bits per heavy atom. The summed E-state index contributed by atoms with van der Waals surface area (Å²) in [7, 11) is 1.26. The van der Waals surface area contributed by atoms with Gasteiger partial charge in [0.05, 0.1) is 0 Å². The molecule has 0 bridgehead atoms. The molecule has 0 aromatic heterocycles. The summed E-state index contributed by atoms with van der Waals surface area (Å²) in [4.78, 5) is 20.6. The fourth-order valence-corrected chi connectivity index (χ4v) is 0.391. The molecule has 0 heterocycles. The number of hydrogen-bond donors (Lipinski definition) is 0. The van der Waals surface area contributed by atoms with Crippen LogP contribution in [0.25, 0.3) is 0 Å². The molecule has 5 nitrogen and oxygen atoms in total. The normalized spacial score (nSPS) is 9.45. The standard InChI is InChI=1S/C6H10O5/c1-4(7)10-6(9-3)11-5(2)8/h6H,1-3H3. The first-order chi connectivity index (χ1) is 5.06. The van der Waals surface area contributed by atoms with E-state index in [1.807, 2.05) is 0 Å². The molecule has 0 saturated heterocycles. The van der Waals surface area contributed by atoms with Crippen molar-refractivity contribution >= 4 is 11.9 Å². The van der Waals surface area contributed by atoms with Crippen LogP contribution in [0.4, 0.5) is 0 Å². The summed E-state index contributed by atoms with van der Waals surface area (Å²) in [5.41, 5.74) is 0. The number of carbonyl (C=O) groups is 2. The summed E-state index contributed by atoms with van der Waals surface area (Å²) in [5, 5.41) is 0. The van der Waals surface area contributed by atoms with Gasteiger partial charge in [-0.25, -0.2) is 0 Å². The minimum atomic E-state index is -1.23. The molecule has 0 aliphatic carbocycles. The molecule has 0 N–H and O–H groups in total. The second-order valence-electron chi connectivity index (χ2n) is 1.74. The van der Waals surface area contributed by atoms with E-state index in [1.165, 1.54) is 21.0 Å². The molecule has 0 aliphatic rings. The molecule has 64 valence electrons. The van der Waals surface area contributed by atoms with Crippen LogP contribution in [0.3, 0.4) is 0 Å². The minimum absolute atomic E-state index is 0.571. The van der Waals surface area contributed by atoms with E-state index in [2.05, 4.69) is 14.2 Å². The van der Waals surface area contributed by atoms with Crippen molar-refractivity contribution in [1.82, 2.24) is 0 Å². The first-order valence-electron chi connectivity index (χ1n) is 2.93. The SMILES string of the molecule is COC(OC(C)=O)OC(C)=O. The van der Waals surface area contributed by atoms with E-state index in [4.69, 9.17) is 0 Å². The van der Waals surface area contributed by atoms with Crippen LogP contribution in [0.1, 0.15) is 13.8 Å². The monoisotopic (exact) mass is 162 g/mol. The van der Waals surface area contributed by atoms with Crippen molar-refractivity contribution in [1.29, 1.82) is 0 Å². The van der Waals surface area contributed by atoms with Gasteiger partial charge < -0.3 is 14.2 Å². The molecule has 5 heteroatoms. The molecule has 11 heavy (non-hydrogen) atoms. The van der Waals surface area contributed by atoms with Crippen LogP contribution in [-0.4, -0.2) is 25.5 Å². The summed E-state index contributed by atoms with van der Waals surface area (Å²) in [6.45, 7) is 1.15. The van der Waals surface area contributed by atoms with Crippen molar-refractivity contribution < 1.29 is 23.8 Å². The van der Waals surface area contributed by atoms with Crippen molar-refractivity contribution in [3.05, 3.63) is 0 Å². The molecular weight excluding hydrogens is 152 g/mol. The Hall–Kier alpha value is -1.10. The van der Waals surface area contributed by atoms with E-state index >= 15 is 0 Å². The van der Waals surface area contributed by atoms with Gasteiger partial charge in [0, 0.05) is 21.0 Å². The molecule has 0 radical (unpaired) electrons. The largest absolute Gasteiger partial charge is 0.400 e. The summed E-state index contributed by atoms with van der Waals surface area (Å²) in [6.07, 6.45) is 0. The highest BCUT2D eigenvalue weighted by atomic mass is 16.9. The highest BCUT2D eigenvalue weighted by Crippen LogP contribution is 1.96. The topological polar surface area (TPSA) is 61.8 Å². The van der Waals surface area contributed by atoms with Crippen molar-refractivity contribution in [2.75, 3.05) is 7.11 Å². The molecule has 0 aliphatic heterocycles. The third-order valence-corrected chi connectivity index (χ3v) is 0.717. The van der Waals surface area contributed by atoms with Crippen LogP contribution in [0.5, 0.6) is 0 Å². The van der Waals surface area contributed by atoms with Gasteiger partial charge in [0.2, 0.25) is 0 Å². The van der Waals surface area contributed by atoms with Gasteiger partial charge in [-0.15, -0.1) is 0 Å². The molecule has 0 aromatic carbocycles. The lowest BCUT2D eigenvalue weighted by Crippen LogP contribution is -2.23. The molecule has 0 amide bonds. The second kappa shape index (κ2) is 4.68. The van der Waals surface area contributed by atoms with Crippen LogP contribution in [0, 0.1) is 0 Å². The Morgan fingerprint density at radius 3 is 1.64 bits per heavy atom. The van der Waals surface area contributed by atoms with Crippen LogP contribution < -0.4 is 0 Å². The van der Waals surface area contributed by atoms with Gasteiger partial charge in [-0.2, -0.15) is 0 Å². The second-order valence-corrected chi connectivity index (χ2v) is 1.74. The maximum atomic E-state index is 10.3. The highest BCUT2D eigenvalue weighted by Gasteiger charge is 2.12. The molecule has 0 fully saturated rings. The van der Waals surface area contributed by atoms with Gasteiger partial charge in [-0.1, -0.05) is 0 Å². The first-order valence-corrected chi connectivity index (χ1v) is 2.93. The van der Waals surface area contributed by atoms with Gasteiger partial charge in [-0.05, 0) is 0 Å². The van der Waals surface area contributed by atoms with E-state index in [-0.39, 0.29) is 0 Å². The van der Waals surface area contributed by atoms with Gasteiger partial charge in [0.15, 0.2) is 0 Å². The van der Waals surface area contributed by atoms with Crippen LogP contribution >= 0.6 is 0 Å². The Morgan fingerprint density at radius 2 is 1.45 bits per heavy atom.